The Kier molecular flexibility index (Phi) is 8.42. The monoisotopic (exact) mass is 704 g/mol. The largest absolute Gasteiger partial charge is 0.467 e. The van der Waals surface area contributed by atoms with Crippen molar-refractivity contribution in [3.8, 4) is 0 Å². The van der Waals surface area contributed by atoms with E-state index in [1.165, 1.54) is 12.1 Å². The summed E-state index contributed by atoms with van der Waals surface area (Å²) in [4.78, 5) is 54.8. The first-order valence-corrected chi connectivity index (χ1v) is 16.4. The average Bonchev–Trinajstić information content (AvgIpc) is 3.41. The molecule has 1 aromatic rings. The molecule has 3 heterocycles. The van der Waals surface area contributed by atoms with Gasteiger partial charge in [-0.3, -0.25) is 4.79 Å². The van der Waals surface area contributed by atoms with E-state index in [-0.39, 0.29) is 30.8 Å². The van der Waals surface area contributed by atoms with Gasteiger partial charge in [-0.15, -0.1) is 0 Å². The average molecular weight is 705 g/mol. The lowest BCUT2D eigenvalue weighted by Crippen LogP contribution is -2.79. The molecule has 50 heavy (non-hydrogen) atoms. The lowest BCUT2D eigenvalue weighted by atomic mass is 9.38. The van der Waals surface area contributed by atoms with E-state index in [2.05, 4.69) is 0 Å². The molecule has 0 radical (unpaired) electrons. The maximum Gasteiger partial charge on any atom is 0.348 e. The fourth-order valence-electron chi connectivity index (χ4n) is 10.0. The van der Waals surface area contributed by atoms with E-state index in [9.17, 15) is 49.8 Å². The predicted molar refractivity (Wildman–Crippen MR) is 161 cm³/mol. The second-order valence-corrected chi connectivity index (χ2v) is 14.4. The Labute approximate surface area is 285 Å². The van der Waals surface area contributed by atoms with Crippen LogP contribution in [0.4, 0.5) is 0 Å². The van der Waals surface area contributed by atoms with Crippen molar-refractivity contribution in [2.24, 2.45) is 28.6 Å². The molecule has 0 amide bonds. The van der Waals surface area contributed by atoms with Gasteiger partial charge in [0.1, 0.15) is 36.6 Å². The van der Waals surface area contributed by atoms with Crippen molar-refractivity contribution in [2.75, 3.05) is 20.3 Å². The third-order valence-corrected chi connectivity index (χ3v) is 12.1. The number of benzene rings is 1. The molecule has 3 aliphatic carbocycles. The van der Waals surface area contributed by atoms with Gasteiger partial charge >= 0.3 is 17.9 Å². The SMILES string of the molecule is COC(=O)[C@@]12OC[C@]34C(C(O)[C@@H]1O)[C@@]1(C)CC(=O)C(O[C@@H]5O[C@H](CO)[C@@H](O)[C@H](O)[C@H]5O)=C(C)[C@@H]1C[C@H]3OC(=O)[C@H](OC(=O)c1ccccc1)[C@@H]24. The van der Waals surface area contributed by atoms with Gasteiger partial charge in [0.25, 0.3) is 0 Å². The molecule has 7 rings (SSSR count). The maximum atomic E-state index is 14.0. The van der Waals surface area contributed by atoms with Crippen molar-refractivity contribution in [3.63, 3.8) is 0 Å². The molecule has 6 aliphatic rings. The van der Waals surface area contributed by atoms with Gasteiger partial charge in [-0.05, 0) is 42.4 Å². The number of fused-ring (bicyclic) bond motifs is 2. The normalized spacial score (nSPS) is 46.3. The number of rotatable bonds is 6. The first-order valence-electron chi connectivity index (χ1n) is 16.4. The molecule has 2 unspecified atom stereocenters. The molecule has 3 saturated heterocycles. The minimum absolute atomic E-state index is 0.0265. The number of aliphatic hydroxyl groups excluding tert-OH is 6. The smallest absolute Gasteiger partial charge is 0.348 e. The number of carbonyl (C=O) groups is 4. The lowest BCUT2D eigenvalue weighted by molar-refractivity contribution is -0.295. The fraction of sp³-hybridized carbons (Fsp3) is 0.647. The molecule has 272 valence electrons. The van der Waals surface area contributed by atoms with Crippen LogP contribution in [0.15, 0.2) is 41.7 Å². The van der Waals surface area contributed by atoms with Crippen LogP contribution < -0.4 is 0 Å². The Morgan fingerprint density at radius 1 is 0.980 bits per heavy atom. The van der Waals surface area contributed by atoms with Crippen LogP contribution in [-0.2, 0) is 42.8 Å². The van der Waals surface area contributed by atoms with Gasteiger partial charge in [-0.2, -0.15) is 0 Å². The Morgan fingerprint density at radius 2 is 1.68 bits per heavy atom. The second-order valence-electron chi connectivity index (χ2n) is 14.4. The highest BCUT2D eigenvalue weighted by molar-refractivity contribution is 5.96. The van der Waals surface area contributed by atoms with Crippen molar-refractivity contribution < 1.29 is 78.2 Å². The van der Waals surface area contributed by atoms with E-state index in [0.29, 0.717) is 5.57 Å². The van der Waals surface area contributed by atoms with Gasteiger partial charge in [0.2, 0.25) is 18.0 Å². The molecule has 6 N–H and O–H groups in total. The summed E-state index contributed by atoms with van der Waals surface area (Å²) in [6, 6.07) is 7.81. The molecule has 3 aliphatic heterocycles. The first-order chi connectivity index (χ1) is 23.7. The van der Waals surface area contributed by atoms with E-state index in [4.69, 9.17) is 28.4 Å². The molecule has 2 saturated carbocycles. The Hall–Kier alpha value is -3.48. The number of esters is 3. The highest BCUT2D eigenvalue weighted by Crippen LogP contribution is 2.73. The van der Waals surface area contributed by atoms with Gasteiger partial charge in [0.15, 0.2) is 11.5 Å². The molecule has 1 spiro atoms. The van der Waals surface area contributed by atoms with Gasteiger partial charge in [-0.1, -0.05) is 25.1 Å². The van der Waals surface area contributed by atoms with E-state index < -0.39 is 120 Å². The minimum atomic E-state index is -2.34. The Bertz CT molecular complexity index is 1610. The van der Waals surface area contributed by atoms with E-state index in [1.807, 2.05) is 0 Å². The summed E-state index contributed by atoms with van der Waals surface area (Å²) in [7, 11) is 1.06. The van der Waals surface area contributed by atoms with Crippen LogP contribution in [0.3, 0.4) is 0 Å². The number of allylic oxidation sites excluding steroid dienone is 2. The van der Waals surface area contributed by atoms with E-state index in [1.54, 1.807) is 32.0 Å². The Morgan fingerprint density at radius 3 is 2.34 bits per heavy atom. The van der Waals surface area contributed by atoms with Crippen molar-refractivity contribution >= 4 is 23.7 Å². The Balaban J connectivity index is 1.31. The summed E-state index contributed by atoms with van der Waals surface area (Å²) in [6.45, 7) is 2.28. The van der Waals surface area contributed by atoms with Crippen LogP contribution in [-0.4, -0.2) is 135 Å². The minimum Gasteiger partial charge on any atom is -0.467 e. The molecule has 0 aromatic heterocycles. The second kappa shape index (κ2) is 12.1. The van der Waals surface area contributed by atoms with Gasteiger partial charge in [0.05, 0.1) is 37.9 Å². The highest BCUT2D eigenvalue weighted by atomic mass is 16.7. The number of Topliss-reactive ketones (excluding diaryl/α,β-unsaturated/α-hetero) is 1. The number of aliphatic hydroxyl groups is 6. The number of carbonyl (C=O) groups excluding carboxylic acids is 4. The maximum absolute atomic E-state index is 14.0. The van der Waals surface area contributed by atoms with Crippen LogP contribution in [0.1, 0.15) is 37.0 Å². The fourth-order valence-corrected chi connectivity index (χ4v) is 10.0. The molecule has 15 atom stereocenters. The van der Waals surface area contributed by atoms with Crippen molar-refractivity contribution in [1.82, 2.24) is 0 Å². The van der Waals surface area contributed by atoms with Gasteiger partial charge < -0.3 is 59.1 Å². The van der Waals surface area contributed by atoms with Crippen LogP contribution in [0.2, 0.25) is 0 Å². The third-order valence-electron chi connectivity index (χ3n) is 12.1. The molecular weight excluding hydrogens is 664 g/mol. The standard InChI is InChI=1S/C34H40O16/c1-13-15-9-18-33-12-46-34(31(44)45-3,26(33)24(29(43)48-18)49-28(42)14-7-5-4-6-8-14)27(41)22(40)25(33)32(15,2)10-16(36)23(13)50-30-21(39)20(38)19(37)17(11-35)47-30/h4-8,15,17-22,24-27,30,35,37-41H,9-12H2,1-3H3/t15-,17+,18+,19+,20-,21+,22?,24+,25?,26+,27-,30-,32-,33+,34-/m0/s1. The molecule has 16 nitrogen and oxygen atoms in total. The van der Waals surface area contributed by atoms with Crippen molar-refractivity contribution in [3.05, 3.63) is 47.2 Å². The predicted octanol–water partition coefficient (Wildman–Crippen LogP) is -1.88. The molecule has 16 heteroatoms. The zero-order valence-electron chi connectivity index (χ0n) is 27.4. The summed E-state index contributed by atoms with van der Waals surface area (Å²) in [5, 5.41) is 64.6. The zero-order chi connectivity index (χ0) is 36.1. The summed E-state index contributed by atoms with van der Waals surface area (Å²) in [5.74, 6) is -6.96. The summed E-state index contributed by atoms with van der Waals surface area (Å²) in [5.41, 5.74) is -4.56. The lowest BCUT2D eigenvalue weighted by Gasteiger charge is -2.67. The van der Waals surface area contributed by atoms with Crippen LogP contribution in [0.5, 0.6) is 0 Å². The van der Waals surface area contributed by atoms with Crippen molar-refractivity contribution in [1.29, 1.82) is 0 Å². The van der Waals surface area contributed by atoms with Crippen LogP contribution >= 0.6 is 0 Å². The molecular formula is C34H40O16. The highest BCUT2D eigenvalue weighted by Gasteiger charge is 2.85. The zero-order valence-corrected chi connectivity index (χ0v) is 27.4. The quantitative estimate of drug-likeness (QED) is 0.140. The van der Waals surface area contributed by atoms with E-state index >= 15 is 0 Å². The number of methoxy groups -OCH3 is 1. The molecule has 5 fully saturated rings. The molecule has 1 aromatic carbocycles. The molecule has 2 bridgehead atoms. The van der Waals surface area contributed by atoms with E-state index in [0.717, 1.165) is 7.11 Å². The summed E-state index contributed by atoms with van der Waals surface area (Å²) in [6.07, 6.45) is -15.0. The van der Waals surface area contributed by atoms with Gasteiger partial charge in [-0.25, -0.2) is 14.4 Å². The topological polar surface area (TPSA) is 245 Å². The third kappa shape index (κ3) is 4.52. The van der Waals surface area contributed by atoms with Crippen molar-refractivity contribution in [2.45, 2.75) is 87.4 Å². The van der Waals surface area contributed by atoms with Gasteiger partial charge in [0, 0.05) is 17.8 Å². The number of hydrogen-bond donors (Lipinski definition) is 6. The summed E-state index contributed by atoms with van der Waals surface area (Å²) < 4.78 is 34.4. The number of ketones is 1. The number of ether oxygens (including phenoxy) is 6. The number of hydrogen-bond acceptors (Lipinski definition) is 16. The van der Waals surface area contributed by atoms with Crippen LogP contribution in [0.25, 0.3) is 0 Å². The first kappa shape index (κ1) is 34.9. The summed E-state index contributed by atoms with van der Waals surface area (Å²) >= 11 is 0. The van der Waals surface area contributed by atoms with Crippen LogP contribution in [0, 0.1) is 28.6 Å².